The molecule has 3 aromatic rings. The molecule has 1 heterocycles. The molecule has 0 unspecified atom stereocenters. The summed E-state index contributed by atoms with van der Waals surface area (Å²) in [6.07, 6.45) is 0. The van der Waals surface area contributed by atoms with Gasteiger partial charge >= 0.3 is 5.97 Å². The van der Waals surface area contributed by atoms with Crippen LogP contribution in [-0.4, -0.2) is 18.0 Å². The minimum Gasteiger partial charge on any atom is -0.465 e. The number of nitrogens with two attached hydrogens (primary N) is 1. The number of carbonyl (C=O) groups is 1. The number of methoxy groups -OCH3 is 1. The van der Waals surface area contributed by atoms with Crippen molar-refractivity contribution in [1.29, 1.82) is 0 Å². The number of fused-ring (bicyclic) bond motifs is 1. The molecule has 2 aromatic carbocycles. The zero-order valence-electron chi connectivity index (χ0n) is 13.2. The van der Waals surface area contributed by atoms with Crippen LogP contribution in [0.3, 0.4) is 0 Å². The Kier molecular flexibility index (Phi) is 4.91. The van der Waals surface area contributed by atoms with Gasteiger partial charge in [0.2, 0.25) is 0 Å². The van der Waals surface area contributed by atoms with Crippen molar-refractivity contribution in [3.05, 3.63) is 63.0 Å². The Morgan fingerprint density at radius 1 is 1.32 bits per heavy atom. The van der Waals surface area contributed by atoms with Crippen LogP contribution in [0.15, 0.2) is 47.4 Å². The average molecular weight is 374 g/mol. The van der Waals surface area contributed by atoms with E-state index in [9.17, 15) is 14.9 Å². The molecule has 0 atom stereocenters. The van der Waals surface area contributed by atoms with Crippen molar-refractivity contribution in [2.45, 2.75) is 10.6 Å². The van der Waals surface area contributed by atoms with E-state index in [1.54, 1.807) is 0 Å². The average Bonchev–Trinajstić information content (AvgIpc) is 2.96. The number of carbonyl (C=O) groups excluding carboxylic acids is 1. The molecular weight excluding hydrogens is 360 g/mol. The van der Waals surface area contributed by atoms with Crippen LogP contribution >= 0.6 is 23.1 Å². The van der Waals surface area contributed by atoms with Crippen molar-refractivity contribution in [3.8, 4) is 0 Å². The quantitative estimate of drug-likeness (QED) is 0.306. The smallest absolute Gasteiger partial charge is 0.350 e. The summed E-state index contributed by atoms with van der Waals surface area (Å²) in [4.78, 5) is 23.6. The number of esters is 1. The molecule has 1 aromatic heterocycles. The molecule has 0 amide bonds. The third kappa shape index (κ3) is 3.45. The highest BCUT2D eigenvalue weighted by atomic mass is 32.2. The van der Waals surface area contributed by atoms with Crippen LogP contribution in [0.1, 0.15) is 15.2 Å². The number of anilines is 1. The van der Waals surface area contributed by atoms with Crippen LogP contribution in [0.2, 0.25) is 0 Å². The number of benzene rings is 2. The zero-order valence-corrected chi connectivity index (χ0v) is 14.9. The maximum absolute atomic E-state index is 11.9. The van der Waals surface area contributed by atoms with Crippen molar-refractivity contribution < 1.29 is 14.5 Å². The molecule has 0 saturated carbocycles. The maximum atomic E-state index is 11.9. The molecule has 0 fully saturated rings. The topological polar surface area (TPSA) is 95.5 Å². The van der Waals surface area contributed by atoms with E-state index in [0.717, 1.165) is 16.9 Å². The highest BCUT2D eigenvalue weighted by Gasteiger charge is 2.22. The van der Waals surface area contributed by atoms with Gasteiger partial charge in [-0.2, -0.15) is 0 Å². The first-order valence-corrected chi connectivity index (χ1v) is 9.07. The molecule has 0 aliphatic rings. The Labute approximate surface area is 151 Å². The molecule has 0 radical (unpaired) electrons. The lowest BCUT2D eigenvalue weighted by Gasteiger charge is -2.06. The molecule has 0 saturated heterocycles. The molecule has 3 rings (SSSR count). The summed E-state index contributed by atoms with van der Waals surface area (Å²) in [6.45, 7) is 0. The second-order valence-electron chi connectivity index (χ2n) is 5.18. The van der Waals surface area contributed by atoms with E-state index in [1.807, 2.05) is 30.3 Å². The second-order valence-corrected chi connectivity index (χ2v) is 7.25. The lowest BCUT2D eigenvalue weighted by Crippen LogP contribution is -2.01. The lowest BCUT2D eigenvalue weighted by molar-refractivity contribution is -0.384. The first-order valence-electron chi connectivity index (χ1n) is 7.26. The zero-order chi connectivity index (χ0) is 18.0. The van der Waals surface area contributed by atoms with E-state index < -0.39 is 10.9 Å². The van der Waals surface area contributed by atoms with Gasteiger partial charge in [0, 0.05) is 32.9 Å². The number of hydrogen-bond acceptors (Lipinski definition) is 7. The van der Waals surface area contributed by atoms with E-state index in [0.29, 0.717) is 26.4 Å². The number of hydrogen-bond donors (Lipinski definition) is 1. The van der Waals surface area contributed by atoms with Crippen molar-refractivity contribution in [1.82, 2.24) is 0 Å². The summed E-state index contributed by atoms with van der Waals surface area (Å²) >= 11 is 2.56. The number of nitrogens with zero attached hydrogens (tertiary/aromatic N) is 1. The number of ether oxygens (including phenoxy) is 1. The first-order chi connectivity index (χ1) is 12.0. The minimum absolute atomic E-state index is 0.0271. The molecule has 0 aliphatic carbocycles. The summed E-state index contributed by atoms with van der Waals surface area (Å²) in [7, 11) is 1.28. The third-order valence-electron chi connectivity index (χ3n) is 3.60. The predicted molar refractivity (Wildman–Crippen MR) is 100 cm³/mol. The lowest BCUT2D eigenvalue weighted by atomic mass is 10.2. The van der Waals surface area contributed by atoms with Crippen LogP contribution in [0.25, 0.3) is 10.1 Å². The van der Waals surface area contributed by atoms with Gasteiger partial charge in [0.05, 0.1) is 17.7 Å². The van der Waals surface area contributed by atoms with E-state index in [4.69, 9.17) is 10.5 Å². The number of thiophene rings is 1. The summed E-state index contributed by atoms with van der Waals surface area (Å²) in [6, 6.07) is 12.7. The number of nitrogen functional groups attached to an aromatic ring is 1. The largest absolute Gasteiger partial charge is 0.465 e. The molecule has 6 nitrogen and oxygen atoms in total. The van der Waals surface area contributed by atoms with Gasteiger partial charge in [-0.05, 0) is 5.56 Å². The van der Waals surface area contributed by atoms with Gasteiger partial charge in [0.15, 0.2) is 0 Å². The van der Waals surface area contributed by atoms with Gasteiger partial charge in [-0.15, -0.1) is 23.1 Å². The van der Waals surface area contributed by atoms with Gasteiger partial charge in [-0.3, -0.25) is 10.1 Å². The normalized spacial score (nSPS) is 10.8. The Bertz CT molecular complexity index is 954. The SMILES string of the molecule is COC(=O)c1sc2cc([N+](=O)[O-])cc(SCc3ccccc3)c2c1N. The summed E-state index contributed by atoms with van der Waals surface area (Å²) in [5.41, 5.74) is 7.51. The van der Waals surface area contributed by atoms with E-state index in [-0.39, 0.29) is 10.6 Å². The van der Waals surface area contributed by atoms with Crippen molar-refractivity contribution in [3.63, 3.8) is 0 Å². The van der Waals surface area contributed by atoms with Crippen LogP contribution < -0.4 is 5.73 Å². The standard InChI is InChI=1S/C17H14N2O4S2/c1-23-17(20)16-15(18)14-12(24-9-10-5-3-2-4-6-10)7-11(19(21)22)8-13(14)25-16/h2-8H,9,18H2,1H3. The molecule has 25 heavy (non-hydrogen) atoms. The number of rotatable bonds is 5. The second kappa shape index (κ2) is 7.12. The molecule has 8 heteroatoms. The first kappa shape index (κ1) is 17.2. The van der Waals surface area contributed by atoms with Gasteiger partial charge in [0.25, 0.3) is 5.69 Å². The van der Waals surface area contributed by atoms with Crippen molar-refractivity contribution in [2.75, 3.05) is 12.8 Å². The number of thioether (sulfide) groups is 1. The predicted octanol–water partition coefficient (Wildman–Crippen LogP) is 4.47. The van der Waals surface area contributed by atoms with E-state index in [2.05, 4.69) is 0 Å². The molecular formula is C17H14N2O4S2. The Hall–Kier alpha value is -2.58. The summed E-state index contributed by atoms with van der Waals surface area (Å²) < 4.78 is 5.34. The van der Waals surface area contributed by atoms with Crippen LogP contribution in [0.4, 0.5) is 11.4 Å². The molecule has 2 N–H and O–H groups in total. The van der Waals surface area contributed by atoms with E-state index in [1.165, 1.54) is 31.0 Å². The highest BCUT2D eigenvalue weighted by Crippen LogP contribution is 2.43. The summed E-state index contributed by atoms with van der Waals surface area (Å²) in [5.74, 6) is 0.0975. The Morgan fingerprint density at radius 2 is 2.04 bits per heavy atom. The minimum atomic E-state index is -0.541. The maximum Gasteiger partial charge on any atom is 0.350 e. The number of non-ortho nitro benzene ring substituents is 1. The molecule has 0 bridgehead atoms. The number of nitro groups is 1. The summed E-state index contributed by atoms with van der Waals surface area (Å²) in [5, 5.41) is 11.9. The van der Waals surface area contributed by atoms with Gasteiger partial charge in [-0.25, -0.2) is 4.79 Å². The Morgan fingerprint density at radius 3 is 2.68 bits per heavy atom. The molecule has 0 aliphatic heterocycles. The van der Waals surface area contributed by atoms with Crippen LogP contribution in [0.5, 0.6) is 0 Å². The monoisotopic (exact) mass is 374 g/mol. The molecule has 128 valence electrons. The third-order valence-corrected chi connectivity index (χ3v) is 5.84. The van der Waals surface area contributed by atoms with Crippen molar-refractivity contribution in [2.24, 2.45) is 0 Å². The fraction of sp³-hybridized carbons (Fsp3) is 0.118. The fourth-order valence-electron chi connectivity index (χ4n) is 2.40. The van der Waals surface area contributed by atoms with Gasteiger partial charge in [-0.1, -0.05) is 30.3 Å². The van der Waals surface area contributed by atoms with Crippen molar-refractivity contribution >= 4 is 50.5 Å². The molecule has 0 spiro atoms. The van der Waals surface area contributed by atoms with Crippen LogP contribution in [-0.2, 0) is 10.5 Å². The Balaban J connectivity index is 2.09. The highest BCUT2D eigenvalue weighted by molar-refractivity contribution is 7.98. The van der Waals surface area contributed by atoms with E-state index >= 15 is 0 Å². The van der Waals surface area contributed by atoms with Gasteiger partial charge < -0.3 is 10.5 Å². The number of nitro benzene ring substituents is 1. The van der Waals surface area contributed by atoms with Crippen LogP contribution in [0, 0.1) is 10.1 Å². The fourth-order valence-corrected chi connectivity index (χ4v) is 4.65. The van der Waals surface area contributed by atoms with Gasteiger partial charge in [0.1, 0.15) is 4.88 Å².